The fraction of sp³-hybridized carbons (Fsp3) is 0.556. The van der Waals surface area contributed by atoms with Crippen molar-refractivity contribution in [3.8, 4) is 0 Å². The van der Waals surface area contributed by atoms with Gasteiger partial charge < -0.3 is 24.0 Å². The maximum absolute atomic E-state index is 12.5. The van der Waals surface area contributed by atoms with Gasteiger partial charge in [-0.05, 0) is 127 Å². The summed E-state index contributed by atoms with van der Waals surface area (Å²) in [6.45, 7) is 17.2. The van der Waals surface area contributed by atoms with Gasteiger partial charge in [0.25, 0.3) is 0 Å². The molecule has 2 aliphatic rings. The van der Waals surface area contributed by atoms with Crippen molar-refractivity contribution in [2.45, 2.75) is 117 Å². The lowest BCUT2D eigenvalue weighted by molar-refractivity contribution is 0.0206. The quantitative estimate of drug-likeness (QED) is 0.278. The molecular weight excluding hydrogens is 576 g/mol. The van der Waals surface area contributed by atoms with Crippen molar-refractivity contribution >= 4 is 29.9 Å². The van der Waals surface area contributed by atoms with Gasteiger partial charge in [-0.15, -0.1) is 0 Å². The van der Waals surface area contributed by atoms with Crippen LogP contribution in [-0.4, -0.2) is 59.0 Å². The summed E-state index contributed by atoms with van der Waals surface area (Å²) in [4.78, 5) is 28.5. The van der Waals surface area contributed by atoms with E-state index in [2.05, 4.69) is 25.1 Å². The SMILES string of the molecule is COCC=Cc1ccc(C)c(CN(C(=O)OC(C)(C)C)C2CC2)c1.Cc1ccc(Cl)cc1CN(C(=O)OC(C)(C)C)C1CC1. The van der Waals surface area contributed by atoms with Gasteiger partial charge in [-0.2, -0.15) is 0 Å². The molecule has 0 N–H and O–H groups in total. The summed E-state index contributed by atoms with van der Waals surface area (Å²) in [5, 5.41) is 0.700. The van der Waals surface area contributed by atoms with Crippen molar-refractivity contribution in [3.63, 3.8) is 0 Å². The zero-order valence-electron chi connectivity index (χ0n) is 28.0. The maximum atomic E-state index is 12.5. The second-order valence-corrected chi connectivity index (χ2v) is 14.2. The highest BCUT2D eigenvalue weighted by molar-refractivity contribution is 6.30. The van der Waals surface area contributed by atoms with Crippen molar-refractivity contribution in [2.24, 2.45) is 0 Å². The van der Waals surface area contributed by atoms with Crippen LogP contribution in [0.5, 0.6) is 0 Å². The third kappa shape index (κ3) is 12.2. The first-order valence-corrected chi connectivity index (χ1v) is 15.9. The number of halogens is 1. The monoisotopic (exact) mass is 626 g/mol. The summed E-state index contributed by atoms with van der Waals surface area (Å²) < 4.78 is 16.1. The zero-order valence-corrected chi connectivity index (χ0v) is 28.8. The summed E-state index contributed by atoms with van der Waals surface area (Å²) >= 11 is 6.05. The summed E-state index contributed by atoms with van der Waals surface area (Å²) in [6, 6.07) is 12.7. The van der Waals surface area contributed by atoms with E-state index in [1.54, 1.807) is 7.11 Å². The lowest BCUT2D eigenvalue weighted by Gasteiger charge is -2.28. The summed E-state index contributed by atoms with van der Waals surface area (Å²) in [6.07, 6.45) is 7.81. The molecule has 0 heterocycles. The van der Waals surface area contributed by atoms with Crippen LogP contribution in [0.1, 0.15) is 95.0 Å². The molecule has 2 aromatic carbocycles. The molecule has 242 valence electrons. The molecule has 0 saturated heterocycles. The van der Waals surface area contributed by atoms with E-state index in [4.69, 9.17) is 25.8 Å². The van der Waals surface area contributed by atoms with Crippen molar-refractivity contribution in [1.29, 1.82) is 0 Å². The third-order valence-electron chi connectivity index (χ3n) is 7.17. The van der Waals surface area contributed by atoms with E-state index in [9.17, 15) is 9.59 Å². The molecule has 2 aromatic rings. The standard InChI is InChI=1S/C20H29NO3.C16H22ClNO2/c1-15-8-9-16(7-6-12-23-5)13-17(15)14-21(18-10-11-18)19(22)24-20(2,3)4;1-11-5-6-13(17)9-12(11)10-18(14-7-8-14)15(19)20-16(2,3)4/h6-9,13,18H,10-12,14H2,1-5H3;5-6,9,14H,7-8,10H2,1-4H3. The van der Waals surface area contributed by atoms with Crippen LogP contribution in [0.4, 0.5) is 9.59 Å². The predicted octanol–water partition coefficient (Wildman–Crippen LogP) is 9.10. The van der Waals surface area contributed by atoms with E-state index in [0.717, 1.165) is 47.9 Å². The Morgan fingerprint density at radius 3 is 1.68 bits per heavy atom. The first-order valence-electron chi connectivity index (χ1n) is 15.6. The third-order valence-corrected chi connectivity index (χ3v) is 7.41. The number of hydrogen-bond acceptors (Lipinski definition) is 5. The van der Waals surface area contributed by atoms with E-state index in [1.807, 2.05) is 88.6 Å². The Morgan fingerprint density at radius 2 is 1.25 bits per heavy atom. The largest absolute Gasteiger partial charge is 0.444 e. The Balaban J connectivity index is 0.000000244. The Bertz CT molecular complexity index is 1300. The summed E-state index contributed by atoms with van der Waals surface area (Å²) in [5.74, 6) is 0. The van der Waals surface area contributed by atoms with Crippen LogP contribution in [0.15, 0.2) is 42.5 Å². The molecule has 0 aromatic heterocycles. The Hall–Kier alpha value is -3.03. The number of nitrogens with zero attached hydrogens (tertiary/aromatic N) is 2. The normalized spacial score (nSPS) is 15.0. The average molecular weight is 627 g/mol. The second kappa shape index (κ2) is 15.3. The molecule has 0 unspecified atom stereocenters. The molecule has 7 nitrogen and oxygen atoms in total. The number of ether oxygens (including phenoxy) is 3. The average Bonchev–Trinajstić information content (AvgIpc) is 3.82. The minimum atomic E-state index is -0.468. The maximum Gasteiger partial charge on any atom is 0.410 e. The summed E-state index contributed by atoms with van der Waals surface area (Å²) in [7, 11) is 1.68. The highest BCUT2D eigenvalue weighted by Crippen LogP contribution is 2.32. The van der Waals surface area contributed by atoms with Gasteiger partial charge in [-0.25, -0.2) is 9.59 Å². The van der Waals surface area contributed by atoms with E-state index >= 15 is 0 Å². The van der Waals surface area contributed by atoms with Gasteiger partial charge in [0.15, 0.2) is 0 Å². The minimum Gasteiger partial charge on any atom is -0.444 e. The lowest BCUT2D eigenvalue weighted by Crippen LogP contribution is -2.38. The molecule has 0 radical (unpaired) electrons. The molecule has 2 fully saturated rings. The van der Waals surface area contributed by atoms with Gasteiger partial charge in [0.2, 0.25) is 0 Å². The Labute approximate surface area is 269 Å². The smallest absolute Gasteiger partial charge is 0.410 e. The van der Waals surface area contributed by atoms with Gasteiger partial charge in [-0.3, -0.25) is 0 Å². The fourth-order valence-electron chi connectivity index (χ4n) is 4.52. The topological polar surface area (TPSA) is 68.3 Å². The van der Waals surface area contributed by atoms with Crippen LogP contribution in [0.2, 0.25) is 5.02 Å². The van der Waals surface area contributed by atoms with Crippen LogP contribution in [-0.2, 0) is 27.3 Å². The van der Waals surface area contributed by atoms with Crippen LogP contribution in [0, 0.1) is 13.8 Å². The molecule has 0 bridgehead atoms. The molecule has 0 aliphatic heterocycles. The number of rotatable bonds is 9. The second-order valence-electron chi connectivity index (χ2n) is 13.8. The van der Waals surface area contributed by atoms with Crippen LogP contribution in [0.3, 0.4) is 0 Å². The lowest BCUT2D eigenvalue weighted by atomic mass is 10.0. The van der Waals surface area contributed by atoms with Gasteiger partial charge in [0, 0.05) is 37.3 Å². The van der Waals surface area contributed by atoms with E-state index in [-0.39, 0.29) is 12.2 Å². The minimum absolute atomic E-state index is 0.218. The van der Waals surface area contributed by atoms with E-state index < -0.39 is 11.2 Å². The van der Waals surface area contributed by atoms with Crippen LogP contribution in [0.25, 0.3) is 6.08 Å². The number of carbonyl (C=O) groups is 2. The Morgan fingerprint density at radius 1 is 0.795 bits per heavy atom. The number of carbonyl (C=O) groups excluding carboxylic acids is 2. The van der Waals surface area contributed by atoms with Gasteiger partial charge in [0.05, 0.1) is 6.61 Å². The van der Waals surface area contributed by atoms with Crippen molar-refractivity contribution in [2.75, 3.05) is 13.7 Å². The Kier molecular flexibility index (Phi) is 12.3. The number of methoxy groups -OCH3 is 1. The van der Waals surface area contributed by atoms with Gasteiger partial charge in [0.1, 0.15) is 11.2 Å². The molecule has 0 spiro atoms. The summed E-state index contributed by atoms with van der Waals surface area (Å²) in [5.41, 5.74) is 4.75. The van der Waals surface area contributed by atoms with Crippen molar-refractivity contribution in [3.05, 3.63) is 75.3 Å². The van der Waals surface area contributed by atoms with Gasteiger partial charge in [-0.1, -0.05) is 42.0 Å². The number of amides is 2. The molecule has 4 rings (SSSR count). The highest BCUT2D eigenvalue weighted by Gasteiger charge is 2.36. The first kappa shape index (κ1) is 35.4. The molecule has 2 amide bonds. The van der Waals surface area contributed by atoms with Crippen LogP contribution >= 0.6 is 11.6 Å². The molecule has 8 heteroatoms. The predicted molar refractivity (Wildman–Crippen MR) is 178 cm³/mol. The van der Waals surface area contributed by atoms with Crippen molar-refractivity contribution < 1.29 is 23.8 Å². The molecular formula is C36H51ClN2O5. The number of benzene rings is 2. The zero-order chi connectivity index (χ0) is 32.7. The molecule has 0 atom stereocenters. The van der Waals surface area contributed by atoms with Gasteiger partial charge >= 0.3 is 12.2 Å². The van der Waals surface area contributed by atoms with E-state index in [0.29, 0.717) is 36.8 Å². The van der Waals surface area contributed by atoms with E-state index in [1.165, 1.54) is 5.56 Å². The molecule has 2 saturated carbocycles. The first-order chi connectivity index (χ1) is 20.6. The van der Waals surface area contributed by atoms with Crippen LogP contribution < -0.4 is 0 Å². The van der Waals surface area contributed by atoms with Crippen molar-refractivity contribution in [1.82, 2.24) is 9.80 Å². The molecule has 44 heavy (non-hydrogen) atoms. The number of aryl methyl sites for hydroxylation is 2. The molecule has 2 aliphatic carbocycles. The number of hydrogen-bond donors (Lipinski definition) is 0. The highest BCUT2D eigenvalue weighted by atomic mass is 35.5. The fourth-order valence-corrected chi connectivity index (χ4v) is 4.72.